The molecule has 0 fully saturated rings. The van der Waals surface area contributed by atoms with Crippen LogP contribution < -0.4 is 0 Å². The second-order valence-corrected chi connectivity index (χ2v) is 8.45. The summed E-state index contributed by atoms with van der Waals surface area (Å²) in [7, 11) is 3.32. The summed E-state index contributed by atoms with van der Waals surface area (Å²) < 4.78 is 5.32. The Kier molecular flexibility index (Phi) is 6.78. The smallest absolute Gasteiger partial charge is 0.409 e. The number of allylic oxidation sites excluding steroid dienone is 1. The molecule has 3 rings (SSSR count). The quantitative estimate of drug-likeness (QED) is 0.680. The van der Waals surface area contributed by atoms with E-state index >= 15 is 0 Å². The topological polar surface area (TPSA) is 83.3 Å². The molecule has 0 bridgehead atoms. The second kappa shape index (κ2) is 9.48. The van der Waals surface area contributed by atoms with Gasteiger partial charge in [-0.3, -0.25) is 9.78 Å². The van der Waals surface area contributed by atoms with Crippen molar-refractivity contribution in [1.29, 1.82) is 5.26 Å². The highest BCUT2D eigenvalue weighted by atomic mass is 32.1. The van der Waals surface area contributed by atoms with Crippen molar-refractivity contribution in [2.75, 3.05) is 20.7 Å². The molecule has 1 aliphatic carbocycles. The normalized spacial score (nSPS) is 15.6. The third-order valence-corrected chi connectivity index (χ3v) is 6.09. The van der Waals surface area contributed by atoms with E-state index in [1.165, 1.54) is 4.90 Å². The number of ketones is 1. The molecule has 0 aromatic carbocycles. The van der Waals surface area contributed by atoms with Crippen LogP contribution in [0.25, 0.3) is 6.08 Å². The number of ether oxygens (including phenoxy) is 1. The maximum absolute atomic E-state index is 12.4. The molecule has 0 saturated carbocycles. The first-order valence-corrected chi connectivity index (χ1v) is 10.3. The van der Waals surface area contributed by atoms with Crippen LogP contribution in [0.1, 0.15) is 32.9 Å². The number of nitriles is 1. The lowest BCUT2D eigenvalue weighted by Crippen LogP contribution is -2.27. The van der Waals surface area contributed by atoms with Gasteiger partial charge in [0.25, 0.3) is 0 Å². The fourth-order valence-corrected chi connectivity index (χ4v) is 4.74. The standard InChI is InChI=1S/C22H23N3O3S/c1-25(2)22(27)28-14-16-6-8-18-19(12-23)21(29-20(18)10-16)11-17(26)7-5-15-4-3-9-24-13-15/h3-5,7,9,13,16H,6,8,10-11,14H2,1-2H3/b7-5+. The van der Waals surface area contributed by atoms with Crippen molar-refractivity contribution in [1.82, 2.24) is 9.88 Å². The predicted molar refractivity (Wildman–Crippen MR) is 112 cm³/mol. The molecule has 1 unspecified atom stereocenters. The van der Waals surface area contributed by atoms with E-state index in [0.717, 1.165) is 40.1 Å². The van der Waals surface area contributed by atoms with Crippen molar-refractivity contribution >= 4 is 29.3 Å². The first-order valence-electron chi connectivity index (χ1n) is 9.46. The average molecular weight is 410 g/mol. The van der Waals surface area contributed by atoms with Gasteiger partial charge in [0.2, 0.25) is 0 Å². The van der Waals surface area contributed by atoms with E-state index in [9.17, 15) is 14.9 Å². The zero-order valence-corrected chi connectivity index (χ0v) is 17.4. The number of fused-ring (bicyclic) bond motifs is 1. The summed E-state index contributed by atoms with van der Waals surface area (Å²) >= 11 is 1.54. The Balaban J connectivity index is 1.66. The zero-order chi connectivity index (χ0) is 20.8. The number of amides is 1. The molecule has 0 spiro atoms. The number of thiophene rings is 1. The molecule has 1 atom stereocenters. The largest absolute Gasteiger partial charge is 0.449 e. The molecule has 0 saturated heterocycles. The lowest BCUT2D eigenvalue weighted by Gasteiger charge is -2.22. The Morgan fingerprint density at radius 1 is 1.45 bits per heavy atom. The minimum Gasteiger partial charge on any atom is -0.449 e. The monoisotopic (exact) mass is 409 g/mol. The van der Waals surface area contributed by atoms with Crippen LogP contribution in [-0.4, -0.2) is 42.5 Å². The van der Waals surface area contributed by atoms with E-state index in [4.69, 9.17) is 4.74 Å². The predicted octanol–water partition coefficient (Wildman–Crippen LogP) is 3.64. The molecule has 6 nitrogen and oxygen atoms in total. The van der Waals surface area contributed by atoms with Gasteiger partial charge >= 0.3 is 6.09 Å². The highest BCUT2D eigenvalue weighted by Gasteiger charge is 2.27. The van der Waals surface area contributed by atoms with Gasteiger partial charge in [0.1, 0.15) is 6.07 Å². The lowest BCUT2D eigenvalue weighted by molar-refractivity contribution is -0.113. The number of nitrogens with zero attached hydrogens (tertiary/aromatic N) is 3. The minimum atomic E-state index is -0.341. The number of aromatic nitrogens is 1. The summed E-state index contributed by atoms with van der Waals surface area (Å²) in [4.78, 5) is 31.4. The number of carbonyl (C=O) groups excluding carboxylic acids is 2. The molecule has 2 heterocycles. The van der Waals surface area contributed by atoms with Crippen molar-refractivity contribution in [2.24, 2.45) is 5.92 Å². The Morgan fingerprint density at radius 3 is 2.97 bits per heavy atom. The van der Waals surface area contributed by atoms with Gasteiger partial charge in [-0.25, -0.2) is 4.79 Å². The van der Waals surface area contributed by atoms with Crippen LogP contribution in [0.5, 0.6) is 0 Å². The summed E-state index contributed by atoms with van der Waals surface area (Å²) in [5, 5.41) is 9.63. The van der Waals surface area contributed by atoms with Crippen molar-refractivity contribution in [3.8, 4) is 6.07 Å². The molecule has 1 aliphatic rings. The zero-order valence-electron chi connectivity index (χ0n) is 16.6. The first kappa shape index (κ1) is 20.7. The van der Waals surface area contributed by atoms with Crippen molar-refractivity contribution in [2.45, 2.75) is 25.7 Å². The van der Waals surface area contributed by atoms with Gasteiger partial charge < -0.3 is 9.64 Å². The van der Waals surface area contributed by atoms with Crippen LogP contribution in [0.4, 0.5) is 4.79 Å². The van der Waals surface area contributed by atoms with E-state index in [1.54, 1.807) is 50.0 Å². The molecule has 0 aliphatic heterocycles. The van der Waals surface area contributed by atoms with Crippen LogP contribution in [-0.2, 0) is 28.8 Å². The van der Waals surface area contributed by atoms with Crippen molar-refractivity contribution in [3.63, 3.8) is 0 Å². The number of hydrogen-bond acceptors (Lipinski definition) is 6. The summed E-state index contributed by atoms with van der Waals surface area (Å²) in [5.74, 6) is 0.200. The van der Waals surface area contributed by atoms with E-state index in [1.807, 2.05) is 12.1 Å². The maximum atomic E-state index is 12.4. The molecule has 150 valence electrons. The summed E-state index contributed by atoms with van der Waals surface area (Å²) in [6, 6.07) is 5.99. The summed E-state index contributed by atoms with van der Waals surface area (Å²) in [6.07, 6.45) is 8.95. The van der Waals surface area contributed by atoms with Crippen LogP contribution in [0.2, 0.25) is 0 Å². The van der Waals surface area contributed by atoms with Gasteiger partial charge in [-0.1, -0.05) is 6.07 Å². The highest BCUT2D eigenvalue weighted by Crippen LogP contribution is 2.36. The van der Waals surface area contributed by atoms with Gasteiger partial charge in [0.05, 0.1) is 12.2 Å². The molecule has 7 heteroatoms. The fourth-order valence-electron chi connectivity index (χ4n) is 3.31. The van der Waals surface area contributed by atoms with Crippen molar-refractivity contribution in [3.05, 3.63) is 57.0 Å². The molecule has 1 amide bonds. The van der Waals surface area contributed by atoms with Gasteiger partial charge in [0.15, 0.2) is 5.78 Å². The molecule has 2 aromatic rings. The Hall–Kier alpha value is -2.98. The van der Waals surface area contributed by atoms with Crippen LogP contribution >= 0.6 is 11.3 Å². The Bertz CT molecular complexity index is 958. The summed E-state index contributed by atoms with van der Waals surface area (Å²) in [6.45, 7) is 0.373. The van der Waals surface area contributed by atoms with E-state index in [0.29, 0.717) is 12.2 Å². The molecule has 0 N–H and O–H groups in total. The average Bonchev–Trinajstić information content (AvgIpc) is 3.07. The first-order chi connectivity index (χ1) is 14.0. The van der Waals surface area contributed by atoms with Crippen LogP contribution in [0, 0.1) is 17.2 Å². The van der Waals surface area contributed by atoms with Crippen LogP contribution in [0.15, 0.2) is 30.6 Å². The summed E-state index contributed by atoms with van der Waals surface area (Å²) in [5.41, 5.74) is 2.57. The van der Waals surface area contributed by atoms with Gasteiger partial charge in [-0.2, -0.15) is 5.26 Å². The lowest BCUT2D eigenvalue weighted by atomic mass is 9.87. The van der Waals surface area contributed by atoms with Crippen LogP contribution in [0.3, 0.4) is 0 Å². The van der Waals surface area contributed by atoms with Gasteiger partial charge in [-0.15, -0.1) is 11.3 Å². The molecule has 2 aromatic heterocycles. The number of pyridine rings is 1. The fraction of sp³-hybridized carbons (Fsp3) is 0.364. The molecular weight excluding hydrogens is 386 g/mol. The second-order valence-electron chi connectivity index (χ2n) is 7.26. The highest BCUT2D eigenvalue weighted by molar-refractivity contribution is 7.12. The SMILES string of the molecule is CN(C)C(=O)OCC1CCc2c(sc(CC(=O)/C=C/c3cccnc3)c2C#N)C1. The third kappa shape index (κ3) is 5.30. The third-order valence-electron chi connectivity index (χ3n) is 4.84. The van der Waals surface area contributed by atoms with Crippen molar-refractivity contribution < 1.29 is 14.3 Å². The number of hydrogen-bond donors (Lipinski definition) is 0. The Labute approximate surface area is 174 Å². The number of carbonyl (C=O) groups is 2. The molecule has 29 heavy (non-hydrogen) atoms. The van der Waals surface area contributed by atoms with E-state index in [2.05, 4.69) is 11.1 Å². The van der Waals surface area contributed by atoms with Gasteiger partial charge in [0, 0.05) is 42.7 Å². The maximum Gasteiger partial charge on any atom is 0.409 e. The minimum absolute atomic E-state index is 0.0413. The van der Waals surface area contributed by atoms with E-state index < -0.39 is 0 Å². The van der Waals surface area contributed by atoms with E-state index in [-0.39, 0.29) is 24.2 Å². The molecule has 0 radical (unpaired) electrons. The number of rotatable bonds is 6. The molecular formula is C22H23N3O3S. The van der Waals surface area contributed by atoms with Gasteiger partial charge in [-0.05, 0) is 54.5 Å². The Morgan fingerprint density at radius 2 is 2.28 bits per heavy atom.